The molecule has 2 aromatic carbocycles. The van der Waals surface area contributed by atoms with Gasteiger partial charge in [-0.15, -0.1) is 0 Å². The summed E-state index contributed by atoms with van der Waals surface area (Å²) in [6, 6.07) is 9.59. The average Bonchev–Trinajstić information content (AvgIpc) is 3.40. The summed E-state index contributed by atoms with van der Waals surface area (Å²) in [6.07, 6.45) is 2.56. The number of anilines is 2. The van der Waals surface area contributed by atoms with Gasteiger partial charge >= 0.3 is 0 Å². The molecule has 1 aliphatic heterocycles. The summed E-state index contributed by atoms with van der Waals surface area (Å²) in [5.74, 6) is 0.758. The number of hydrogen-bond acceptors (Lipinski definition) is 4. The Balaban J connectivity index is 1.58. The molecule has 1 heterocycles. The molecule has 2 aliphatic rings. The standard InChI is InChI=1S/C19H19ClN2O4S/c1-26-18-7-4-14(11-16(18)20)21-27(24,25)15-5-6-17-13(10-15)8-9-22(17)19(23)12-2-3-12/h4-7,10-12,21H,2-3,8-9H2,1H3. The van der Waals surface area contributed by atoms with E-state index >= 15 is 0 Å². The van der Waals surface area contributed by atoms with Crippen molar-refractivity contribution in [2.75, 3.05) is 23.3 Å². The van der Waals surface area contributed by atoms with Gasteiger partial charge in [-0.3, -0.25) is 9.52 Å². The van der Waals surface area contributed by atoms with Gasteiger partial charge in [0.15, 0.2) is 0 Å². The number of halogens is 1. The highest BCUT2D eigenvalue weighted by molar-refractivity contribution is 7.92. The third kappa shape index (κ3) is 3.49. The van der Waals surface area contributed by atoms with Crippen LogP contribution in [0.15, 0.2) is 41.3 Å². The number of benzene rings is 2. The minimum Gasteiger partial charge on any atom is -0.495 e. The Morgan fingerprint density at radius 3 is 2.67 bits per heavy atom. The molecule has 0 spiro atoms. The molecule has 0 aromatic heterocycles. The molecule has 0 radical (unpaired) electrons. The van der Waals surface area contributed by atoms with Gasteiger partial charge in [0.25, 0.3) is 10.0 Å². The van der Waals surface area contributed by atoms with E-state index in [1.807, 2.05) is 0 Å². The van der Waals surface area contributed by atoms with Crippen molar-refractivity contribution in [1.82, 2.24) is 0 Å². The first-order chi connectivity index (χ1) is 12.9. The molecule has 1 saturated carbocycles. The van der Waals surface area contributed by atoms with Crippen molar-refractivity contribution in [3.8, 4) is 5.75 Å². The predicted octanol–water partition coefficient (Wildman–Crippen LogP) is 3.45. The van der Waals surface area contributed by atoms with Crippen LogP contribution in [-0.4, -0.2) is 28.0 Å². The lowest BCUT2D eigenvalue weighted by Gasteiger charge is -2.17. The maximum atomic E-state index is 12.7. The largest absolute Gasteiger partial charge is 0.495 e. The molecule has 0 atom stereocenters. The van der Waals surface area contributed by atoms with Gasteiger partial charge in [0.2, 0.25) is 5.91 Å². The van der Waals surface area contributed by atoms with E-state index in [0.29, 0.717) is 29.4 Å². The second kappa shape index (κ2) is 6.73. The molecule has 1 amide bonds. The van der Waals surface area contributed by atoms with Crippen molar-refractivity contribution in [3.05, 3.63) is 47.0 Å². The van der Waals surface area contributed by atoms with Crippen LogP contribution in [0.4, 0.5) is 11.4 Å². The number of ether oxygens (including phenoxy) is 1. The molecule has 1 N–H and O–H groups in total. The first-order valence-electron chi connectivity index (χ1n) is 8.70. The fraction of sp³-hybridized carbons (Fsp3) is 0.316. The van der Waals surface area contributed by atoms with E-state index < -0.39 is 10.0 Å². The topological polar surface area (TPSA) is 75.7 Å². The zero-order valence-electron chi connectivity index (χ0n) is 14.7. The van der Waals surface area contributed by atoms with Gasteiger partial charge in [0, 0.05) is 18.2 Å². The van der Waals surface area contributed by atoms with Crippen LogP contribution in [0.2, 0.25) is 5.02 Å². The van der Waals surface area contributed by atoms with Gasteiger partial charge in [-0.2, -0.15) is 0 Å². The second-order valence-corrected chi connectivity index (χ2v) is 8.85. The predicted molar refractivity (Wildman–Crippen MR) is 104 cm³/mol. The third-order valence-corrected chi connectivity index (χ3v) is 6.53. The second-order valence-electron chi connectivity index (χ2n) is 6.76. The fourth-order valence-electron chi connectivity index (χ4n) is 3.27. The molecule has 0 saturated heterocycles. The van der Waals surface area contributed by atoms with Crippen LogP contribution >= 0.6 is 11.6 Å². The Kier molecular flexibility index (Phi) is 4.52. The summed E-state index contributed by atoms with van der Waals surface area (Å²) < 4.78 is 33.1. The van der Waals surface area contributed by atoms with Crippen LogP contribution in [0.5, 0.6) is 5.75 Å². The normalized spacial score (nSPS) is 16.1. The SMILES string of the molecule is COc1ccc(NS(=O)(=O)c2ccc3c(c2)CCN3C(=O)C2CC2)cc1Cl. The Labute approximate surface area is 163 Å². The highest BCUT2D eigenvalue weighted by atomic mass is 35.5. The number of methoxy groups -OCH3 is 1. The maximum absolute atomic E-state index is 12.7. The first kappa shape index (κ1) is 18.1. The monoisotopic (exact) mass is 406 g/mol. The summed E-state index contributed by atoms with van der Waals surface area (Å²) in [4.78, 5) is 14.3. The van der Waals surface area contributed by atoms with Gasteiger partial charge in [0.05, 0.1) is 22.7 Å². The Bertz CT molecular complexity index is 1020. The van der Waals surface area contributed by atoms with E-state index in [4.69, 9.17) is 16.3 Å². The number of sulfonamides is 1. The summed E-state index contributed by atoms with van der Waals surface area (Å²) in [6.45, 7) is 0.607. The fourth-order valence-corrected chi connectivity index (χ4v) is 4.63. The van der Waals surface area contributed by atoms with Crippen LogP contribution in [0.25, 0.3) is 0 Å². The number of nitrogens with one attached hydrogen (secondary N) is 1. The molecule has 0 bridgehead atoms. The quantitative estimate of drug-likeness (QED) is 0.825. The van der Waals surface area contributed by atoms with E-state index in [2.05, 4.69) is 4.72 Å². The summed E-state index contributed by atoms with van der Waals surface area (Å²) in [7, 11) is -2.27. The zero-order chi connectivity index (χ0) is 19.2. The number of carbonyl (C=O) groups excluding carboxylic acids is 1. The number of nitrogens with zero attached hydrogens (tertiary/aromatic N) is 1. The summed E-state index contributed by atoms with van der Waals surface area (Å²) in [5, 5.41) is 0.320. The molecule has 6 nitrogen and oxygen atoms in total. The number of hydrogen-bond donors (Lipinski definition) is 1. The lowest BCUT2D eigenvalue weighted by molar-refractivity contribution is -0.119. The van der Waals surface area contributed by atoms with E-state index in [1.54, 1.807) is 29.2 Å². The zero-order valence-corrected chi connectivity index (χ0v) is 16.3. The lowest BCUT2D eigenvalue weighted by atomic mass is 10.2. The molecule has 4 rings (SSSR count). The molecular weight excluding hydrogens is 388 g/mol. The van der Waals surface area contributed by atoms with Crippen LogP contribution in [0, 0.1) is 5.92 Å². The number of carbonyl (C=O) groups is 1. The minimum absolute atomic E-state index is 0.140. The summed E-state index contributed by atoms with van der Waals surface area (Å²) >= 11 is 6.06. The van der Waals surface area contributed by atoms with Crippen molar-refractivity contribution in [2.24, 2.45) is 5.92 Å². The van der Waals surface area contributed by atoms with E-state index in [9.17, 15) is 13.2 Å². The van der Waals surface area contributed by atoms with Gasteiger partial charge < -0.3 is 9.64 Å². The van der Waals surface area contributed by atoms with Gasteiger partial charge in [-0.25, -0.2) is 8.42 Å². The summed E-state index contributed by atoms with van der Waals surface area (Å²) in [5.41, 5.74) is 2.05. The Hall–Kier alpha value is -2.25. The van der Waals surface area contributed by atoms with Crippen molar-refractivity contribution in [1.29, 1.82) is 0 Å². The molecule has 2 aromatic rings. The van der Waals surface area contributed by atoms with Crippen molar-refractivity contribution in [2.45, 2.75) is 24.2 Å². The van der Waals surface area contributed by atoms with Crippen molar-refractivity contribution in [3.63, 3.8) is 0 Å². The van der Waals surface area contributed by atoms with Crippen molar-refractivity contribution < 1.29 is 17.9 Å². The third-order valence-electron chi connectivity index (χ3n) is 4.85. The minimum atomic E-state index is -3.77. The molecule has 1 aliphatic carbocycles. The highest BCUT2D eigenvalue weighted by Gasteiger charge is 2.36. The van der Waals surface area contributed by atoms with E-state index in [0.717, 1.165) is 24.1 Å². The van der Waals surface area contributed by atoms with Crippen LogP contribution in [0.3, 0.4) is 0 Å². The van der Waals surface area contributed by atoms with Crippen LogP contribution in [-0.2, 0) is 21.2 Å². The number of rotatable bonds is 5. The van der Waals surface area contributed by atoms with Gasteiger partial charge in [-0.05, 0) is 61.2 Å². The van der Waals surface area contributed by atoms with E-state index in [1.165, 1.54) is 19.2 Å². The molecule has 27 heavy (non-hydrogen) atoms. The van der Waals surface area contributed by atoms with Crippen LogP contribution in [0.1, 0.15) is 18.4 Å². The first-order valence-corrected chi connectivity index (χ1v) is 10.6. The molecule has 8 heteroatoms. The Morgan fingerprint density at radius 1 is 1.22 bits per heavy atom. The molecule has 0 unspecified atom stereocenters. The maximum Gasteiger partial charge on any atom is 0.261 e. The van der Waals surface area contributed by atoms with Gasteiger partial charge in [0.1, 0.15) is 5.75 Å². The van der Waals surface area contributed by atoms with Crippen LogP contribution < -0.4 is 14.4 Å². The molecule has 1 fully saturated rings. The highest BCUT2D eigenvalue weighted by Crippen LogP contribution is 2.37. The van der Waals surface area contributed by atoms with Gasteiger partial charge in [-0.1, -0.05) is 11.6 Å². The van der Waals surface area contributed by atoms with E-state index in [-0.39, 0.29) is 16.7 Å². The average molecular weight is 407 g/mol. The molecular formula is C19H19ClN2O4S. The van der Waals surface area contributed by atoms with Crippen molar-refractivity contribution >= 4 is 38.9 Å². The smallest absolute Gasteiger partial charge is 0.261 e. The molecule has 142 valence electrons. The number of amides is 1. The Morgan fingerprint density at radius 2 is 2.00 bits per heavy atom. The lowest BCUT2D eigenvalue weighted by Crippen LogP contribution is -2.30. The number of fused-ring (bicyclic) bond motifs is 1.